The zero-order valence-corrected chi connectivity index (χ0v) is 15.5. The van der Waals surface area contributed by atoms with Crippen LogP contribution in [-0.2, 0) is 7.05 Å². The number of aromatic nitrogens is 4. The van der Waals surface area contributed by atoms with E-state index in [9.17, 15) is 9.59 Å². The van der Waals surface area contributed by atoms with Crippen molar-refractivity contribution in [2.24, 2.45) is 12.8 Å². The first-order valence-electron chi connectivity index (χ1n) is 8.72. The van der Waals surface area contributed by atoms with Gasteiger partial charge in [0.1, 0.15) is 17.5 Å². The van der Waals surface area contributed by atoms with Crippen LogP contribution in [0.5, 0.6) is 0 Å². The zero-order chi connectivity index (χ0) is 20.4. The van der Waals surface area contributed by atoms with Gasteiger partial charge in [0.25, 0.3) is 11.5 Å². The summed E-state index contributed by atoms with van der Waals surface area (Å²) in [4.78, 5) is 37.3. The number of amides is 1. The maximum absolute atomic E-state index is 12.8. The van der Waals surface area contributed by atoms with Crippen LogP contribution >= 0.6 is 0 Å². The summed E-state index contributed by atoms with van der Waals surface area (Å²) in [6.07, 6.45) is 6.36. The quantitative estimate of drug-likeness (QED) is 0.479. The van der Waals surface area contributed by atoms with Crippen molar-refractivity contribution < 1.29 is 4.79 Å². The molecule has 4 rings (SSSR count). The fourth-order valence-electron chi connectivity index (χ4n) is 2.94. The number of hydrogen-bond donors (Lipinski definition) is 3. The number of nitrogens with two attached hydrogens (primary N) is 1. The van der Waals surface area contributed by atoms with E-state index in [1.807, 2.05) is 6.07 Å². The molecule has 0 atom stereocenters. The molecule has 9 nitrogen and oxygen atoms in total. The van der Waals surface area contributed by atoms with E-state index in [1.54, 1.807) is 62.2 Å². The van der Waals surface area contributed by atoms with Crippen molar-refractivity contribution >= 4 is 39.8 Å². The predicted octanol–water partition coefficient (Wildman–Crippen LogP) is 2.31. The van der Waals surface area contributed by atoms with Crippen LogP contribution in [0.3, 0.4) is 0 Å². The van der Waals surface area contributed by atoms with Crippen LogP contribution in [0.25, 0.3) is 10.8 Å². The highest BCUT2D eigenvalue weighted by molar-refractivity contribution is 6.01. The first-order chi connectivity index (χ1) is 14.0. The number of benzene rings is 1. The Bertz CT molecular complexity index is 1270. The van der Waals surface area contributed by atoms with Gasteiger partial charge in [0.2, 0.25) is 0 Å². The van der Waals surface area contributed by atoms with Gasteiger partial charge in [-0.2, -0.15) is 0 Å². The summed E-state index contributed by atoms with van der Waals surface area (Å²) in [6.45, 7) is 0. The summed E-state index contributed by atoms with van der Waals surface area (Å²) < 4.78 is 1.46. The number of nitrogens with zero attached hydrogens (tertiary/aromatic N) is 4. The molecule has 0 saturated heterocycles. The first kappa shape index (κ1) is 18.1. The lowest BCUT2D eigenvalue weighted by Crippen LogP contribution is -2.18. The third-order valence-electron chi connectivity index (χ3n) is 4.33. The molecular weight excluding hydrogens is 370 g/mol. The van der Waals surface area contributed by atoms with Gasteiger partial charge >= 0.3 is 0 Å². The van der Waals surface area contributed by atoms with Gasteiger partial charge < -0.3 is 20.9 Å². The van der Waals surface area contributed by atoms with Crippen molar-refractivity contribution in [3.8, 4) is 0 Å². The van der Waals surface area contributed by atoms with Crippen LogP contribution in [0, 0.1) is 0 Å². The van der Waals surface area contributed by atoms with Gasteiger partial charge in [-0.25, -0.2) is 9.97 Å². The van der Waals surface area contributed by atoms with Crippen LogP contribution in [-0.4, -0.2) is 25.4 Å². The number of fused-ring (bicyclic) bond motifs is 1. The highest BCUT2D eigenvalue weighted by atomic mass is 16.1. The molecule has 3 heterocycles. The number of hydrogen-bond acceptors (Lipinski definition) is 7. The molecule has 29 heavy (non-hydrogen) atoms. The maximum atomic E-state index is 12.8. The van der Waals surface area contributed by atoms with Crippen molar-refractivity contribution in [2.75, 3.05) is 10.6 Å². The van der Waals surface area contributed by atoms with E-state index in [4.69, 9.17) is 5.73 Å². The third kappa shape index (κ3) is 3.61. The average Bonchev–Trinajstić information content (AvgIpc) is 2.72. The van der Waals surface area contributed by atoms with Crippen LogP contribution < -0.4 is 21.9 Å². The lowest BCUT2D eigenvalue weighted by Gasteiger charge is -2.14. The standard InChI is InChI=1S/C20H17N7O2/c1-27-9-6-12-10-15(25-16-11-22-7-8-23-16)26-19(17(12)20(27)29)24-14-5-3-2-4-13(14)18(21)28/h2-11H,1H3,(H2,21,28)(H2,23,24,25,26). The Labute approximate surface area is 165 Å². The number of rotatable bonds is 5. The van der Waals surface area contributed by atoms with E-state index in [0.717, 1.165) is 0 Å². The molecule has 0 fully saturated rings. The highest BCUT2D eigenvalue weighted by Gasteiger charge is 2.14. The average molecular weight is 387 g/mol. The number of carbonyl (C=O) groups excluding carboxylic acids is 1. The minimum Gasteiger partial charge on any atom is -0.366 e. The summed E-state index contributed by atoms with van der Waals surface area (Å²) in [6, 6.07) is 10.3. The van der Waals surface area contributed by atoms with Crippen molar-refractivity contribution in [1.82, 2.24) is 19.5 Å². The number of anilines is 4. The van der Waals surface area contributed by atoms with Gasteiger partial charge in [0.15, 0.2) is 0 Å². The lowest BCUT2D eigenvalue weighted by molar-refractivity contribution is 0.100. The minimum absolute atomic E-state index is 0.222. The largest absolute Gasteiger partial charge is 0.366 e. The smallest absolute Gasteiger partial charge is 0.261 e. The Morgan fingerprint density at radius 2 is 1.93 bits per heavy atom. The number of primary amides is 1. The summed E-state index contributed by atoms with van der Waals surface area (Å²) >= 11 is 0. The number of pyridine rings is 2. The molecule has 0 aliphatic heterocycles. The first-order valence-corrected chi connectivity index (χ1v) is 8.72. The Balaban J connectivity index is 1.87. The van der Waals surface area contributed by atoms with E-state index in [-0.39, 0.29) is 5.56 Å². The van der Waals surface area contributed by atoms with Gasteiger partial charge in [-0.1, -0.05) is 12.1 Å². The second-order valence-corrected chi connectivity index (χ2v) is 6.30. The van der Waals surface area contributed by atoms with Crippen molar-refractivity contribution in [3.05, 3.63) is 77.1 Å². The van der Waals surface area contributed by atoms with Crippen molar-refractivity contribution in [3.63, 3.8) is 0 Å². The topological polar surface area (TPSA) is 128 Å². The molecule has 144 valence electrons. The number of aryl methyl sites for hydroxylation is 1. The summed E-state index contributed by atoms with van der Waals surface area (Å²) in [5.74, 6) is 0.680. The van der Waals surface area contributed by atoms with Crippen molar-refractivity contribution in [1.29, 1.82) is 0 Å². The lowest BCUT2D eigenvalue weighted by atomic mass is 10.1. The minimum atomic E-state index is -0.584. The molecule has 0 aliphatic carbocycles. The molecule has 4 N–H and O–H groups in total. The molecule has 1 aromatic carbocycles. The van der Waals surface area contributed by atoms with Crippen LogP contribution in [0.1, 0.15) is 10.4 Å². The van der Waals surface area contributed by atoms with E-state index in [1.165, 1.54) is 4.57 Å². The molecule has 0 saturated carbocycles. The second kappa shape index (κ2) is 7.39. The predicted molar refractivity (Wildman–Crippen MR) is 111 cm³/mol. The molecule has 0 aliphatic rings. The van der Waals surface area contributed by atoms with Crippen molar-refractivity contribution in [2.45, 2.75) is 0 Å². The fraction of sp³-hybridized carbons (Fsp3) is 0.0500. The molecule has 3 aromatic heterocycles. The zero-order valence-electron chi connectivity index (χ0n) is 15.5. The van der Waals surface area contributed by atoms with Gasteiger partial charge in [0, 0.05) is 25.6 Å². The summed E-state index contributed by atoms with van der Waals surface area (Å²) in [7, 11) is 1.66. The highest BCUT2D eigenvalue weighted by Crippen LogP contribution is 2.27. The van der Waals surface area contributed by atoms with Gasteiger partial charge in [-0.15, -0.1) is 0 Å². The monoisotopic (exact) mass is 387 g/mol. The summed E-state index contributed by atoms with van der Waals surface area (Å²) in [5, 5.41) is 7.22. The number of para-hydroxylation sites is 1. The molecule has 0 spiro atoms. The van der Waals surface area contributed by atoms with Gasteiger partial charge in [-0.3, -0.25) is 14.6 Å². The Hall–Kier alpha value is -4.27. The second-order valence-electron chi connectivity index (χ2n) is 6.30. The normalized spacial score (nSPS) is 10.7. The van der Waals surface area contributed by atoms with Crippen LogP contribution in [0.4, 0.5) is 23.1 Å². The molecule has 0 bridgehead atoms. The van der Waals surface area contributed by atoms with E-state index < -0.39 is 5.91 Å². The summed E-state index contributed by atoms with van der Waals surface area (Å²) in [5.41, 5.74) is 6.00. The maximum Gasteiger partial charge on any atom is 0.261 e. The molecular formula is C20H17N7O2. The molecule has 1 amide bonds. The Kier molecular flexibility index (Phi) is 4.62. The van der Waals surface area contributed by atoms with Crippen LogP contribution in [0.15, 0.2) is 66.0 Å². The molecule has 9 heteroatoms. The number of carbonyl (C=O) groups is 1. The Morgan fingerprint density at radius 3 is 2.69 bits per heavy atom. The fourth-order valence-corrected chi connectivity index (χ4v) is 2.94. The van der Waals surface area contributed by atoms with Gasteiger partial charge in [-0.05, 0) is 29.7 Å². The molecule has 4 aromatic rings. The SMILES string of the molecule is Cn1ccc2cc(Nc3cnccn3)nc(Nc3ccccc3C(N)=O)c2c1=O. The van der Waals surface area contributed by atoms with Crippen LogP contribution in [0.2, 0.25) is 0 Å². The van der Waals surface area contributed by atoms with E-state index in [0.29, 0.717) is 39.5 Å². The molecule has 0 radical (unpaired) electrons. The van der Waals surface area contributed by atoms with Gasteiger partial charge in [0.05, 0.1) is 22.8 Å². The van der Waals surface area contributed by atoms with E-state index >= 15 is 0 Å². The molecule has 0 unspecified atom stereocenters. The van der Waals surface area contributed by atoms with E-state index in [2.05, 4.69) is 25.6 Å². The third-order valence-corrected chi connectivity index (χ3v) is 4.33. The Morgan fingerprint density at radius 1 is 1.10 bits per heavy atom. The number of nitrogens with one attached hydrogen (secondary N) is 2.